The number of nitrogens with one attached hydrogen (secondary N) is 1. The first-order chi connectivity index (χ1) is 7.33. The van der Waals surface area contributed by atoms with Gasteiger partial charge in [0.1, 0.15) is 0 Å². The second kappa shape index (κ2) is 4.49. The van der Waals surface area contributed by atoms with E-state index in [-0.39, 0.29) is 0 Å². The average Bonchev–Trinajstić information content (AvgIpc) is 2.56. The van der Waals surface area contributed by atoms with Crippen molar-refractivity contribution >= 4 is 10.9 Å². The third-order valence-corrected chi connectivity index (χ3v) is 2.78. The summed E-state index contributed by atoms with van der Waals surface area (Å²) in [6.45, 7) is 7.44. The van der Waals surface area contributed by atoms with Crippen molar-refractivity contribution in [3.05, 3.63) is 36.0 Å². The fourth-order valence-corrected chi connectivity index (χ4v) is 2.01. The van der Waals surface area contributed by atoms with Crippen LogP contribution in [0.3, 0.4) is 0 Å². The molecule has 0 unspecified atom stereocenters. The molecule has 0 amide bonds. The Balaban J connectivity index is 2.28. The summed E-state index contributed by atoms with van der Waals surface area (Å²) in [6, 6.07) is 10.8. The molecule has 2 aromatic rings. The predicted octanol–water partition coefficient (Wildman–Crippen LogP) is 2.56. The van der Waals surface area contributed by atoms with Crippen LogP contribution in [0.1, 0.15) is 12.6 Å². The maximum absolute atomic E-state index is 3.36. The summed E-state index contributed by atoms with van der Waals surface area (Å²) in [4.78, 5) is 0. The molecule has 2 heteroatoms. The van der Waals surface area contributed by atoms with Crippen molar-refractivity contribution in [3.8, 4) is 0 Å². The van der Waals surface area contributed by atoms with E-state index in [9.17, 15) is 0 Å². The summed E-state index contributed by atoms with van der Waals surface area (Å²) in [5, 5.41) is 4.70. The maximum Gasteiger partial charge on any atom is 0.0482 e. The minimum atomic E-state index is 1.04. The lowest BCUT2D eigenvalue weighted by atomic mass is 10.2. The molecule has 0 saturated carbocycles. The van der Waals surface area contributed by atoms with Crippen molar-refractivity contribution in [1.82, 2.24) is 9.88 Å². The summed E-state index contributed by atoms with van der Waals surface area (Å²) < 4.78 is 2.37. The Morgan fingerprint density at radius 2 is 2.07 bits per heavy atom. The second-order valence-corrected chi connectivity index (χ2v) is 3.85. The first-order valence-electron chi connectivity index (χ1n) is 5.58. The van der Waals surface area contributed by atoms with Gasteiger partial charge in [-0.3, -0.25) is 0 Å². The Hall–Kier alpha value is -1.28. The molecule has 2 nitrogen and oxygen atoms in total. The highest BCUT2D eigenvalue weighted by Crippen LogP contribution is 2.18. The van der Waals surface area contributed by atoms with Crippen molar-refractivity contribution < 1.29 is 0 Å². The number of rotatable bonds is 4. The first-order valence-corrected chi connectivity index (χ1v) is 5.58. The fourth-order valence-electron chi connectivity index (χ4n) is 2.01. The van der Waals surface area contributed by atoms with E-state index < -0.39 is 0 Å². The lowest BCUT2D eigenvalue weighted by molar-refractivity contribution is 0.618. The third kappa shape index (κ3) is 2.05. The highest BCUT2D eigenvalue weighted by atomic mass is 15.0. The zero-order valence-corrected chi connectivity index (χ0v) is 9.46. The van der Waals surface area contributed by atoms with Gasteiger partial charge in [-0.2, -0.15) is 0 Å². The van der Waals surface area contributed by atoms with Gasteiger partial charge in [-0.15, -0.1) is 0 Å². The number of fused-ring (bicyclic) bond motifs is 1. The maximum atomic E-state index is 3.36. The summed E-state index contributed by atoms with van der Waals surface area (Å²) in [5.74, 6) is 0. The van der Waals surface area contributed by atoms with Gasteiger partial charge in [-0.05, 0) is 31.0 Å². The molecule has 2 rings (SSSR count). The quantitative estimate of drug-likeness (QED) is 0.754. The van der Waals surface area contributed by atoms with Crippen LogP contribution in [0.5, 0.6) is 0 Å². The van der Waals surface area contributed by atoms with E-state index in [4.69, 9.17) is 0 Å². The lowest BCUT2D eigenvalue weighted by Gasteiger charge is -2.08. The van der Waals surface area contributed by atoms with Crippen molar-refractivity contribution in [1.29, 1.82) is 0 Å². The number of hydrogen-bond donors (Lipinski definition) is 1. The first kappa shape index (κ1) is 10.2. The van der Waals surface area contributed by atoms with E-state index in [1.54, 1.807) is 0 Å². The van der Waals surface area contributed by atoms with Crippen molar-refractivity contribution in [3.63, 3.8) is 0 Å². The zero-order chi connectivity index (χ0) is 10.7. The van der Waals surface area contributed by atoms with E-state index in [0.29, 0.717) is 0 Å². The van der Waals surface area contributed by atoms with E-state index in [1.807, 2.05) is 0 Å². The van der Waals surface area contributed by atoms with E-state index in [0.717, 1.165) is 19.6 Å². The minimum absolute atomic E-state index is 1.04. The van der Waals surface area contributed by atoms with Crippen LogP contribution in [0.25, 0.3) is 10.9 Å². The van der Waals surface area contributed by atoms with Crippen molar-refractivity contribution in [2.75, 3.05) is 13.1 Å². The van der Waals surface area contributed by atoms with Crippen molar-refractivity contribution in [2.45, 2.75) is 20.4 Å². The Morgan fingerprint density at radius 3 is 2.87 bits per heavy atom. The number of para-hydroxylation sites is 1. The smallest absolute Gasteiger partial charge is 0.0482 e. The van der Waals surface area contributed by atoms with Crippen LogP contribution in [0, 0.1) is 6.92 Å². The van der Waals surface area contributed by atoms with Gasteiger partial charge in [-0.1, -0.05) is 25.1 Å². The van der Waals surface area contributed by atoms with Gasteiger partial charge < -0.3 is 9.88 Å². The standard InChI is InChI=1S/C13H18N2/c1-3-14-8-9-15-11(2)10-12-6-4-5-7-13(12)15/h4-7,10,14H,3,8-9H2,1-2H3. The number of aromatic nitrogens is 1. The molecule has 0 radical (unpaired) electrons. The monoisotopic (exact) mass is 202 g/mol. The van der Waals surface area contributed by atoms with E-state index >= 15 is 0 Å². The number of nitrogens with zero attached hydrogens (tertiary/aromatic N) is 1. The molecule has 0 fully saturated rings. The molecule has 1 N–H and O–H groups in total. The SMILES string of the molecule is CCNCCn1c(C)cc2ccccc21. The second-order valence-electron chi connectivity index (χ2n) is 3.85. The summed E-state index contributed by atoms with van der Waals surface area (Å²) >= 11 is 0. The van der Waals surface area contributed by atoms with Gasteiger partial charge in [0.05, 0.1) is 0 Å². The molecule has 0 aliphatic heterocycles. The molecule has 0 spiro atoms. The van der Waals surface area contributed by atoms with Gasteiger partial charge in [0.2, 0.25) is 0 Å². The topological polar surface area (TPSA) is 17.0 Å². The van der Waals surface area contributed by atoms with E-state index in [1.165, 1.54) is 16.6 Å². The van der Waals surface area contributed by atoms with Crippen LogP contribution in [0.2, 0.25) is 0 Å². The number of hydrogen-bond acceptors (Lipinski definition) is 1. The van der Waals surface area contributed by atoms with Gasteiger partial charge >= 0.3 is 0 Å². The summed E-state index contributed by atoms with van der Waals surface area (Å²) in [7, 11) is 0. The van der Waals surface area contributed by atoms with Gasteiger partial charge in [0.25, 0.3) is 0 Å². The number of likely N-dealkylation sites (N-methyl/N-ethyl adjacent to an activating group) is 1. The zero-order valence-electron chi connectivity index (χ0n) is 9.46. The largest absolute Gasteiger partial charge is 0.344 e. The lowest BCUT2D eigenvalue weighted by Crippen LogP contribution is -2.19. The Bertz CT molecular complexity index is 443. The molecule has 1 heterocycles. The molecular weight excluding hydrogens is 184 g/mol. The van der Waals surface area contributed by atoms with Gasteiger partial charge in [-0.25, -0.2) is 0 Å². The fraction of sp³-hybridized carbons (Fsp3) is 0.385. The Labute approximate surface area is 90.9 Å². The molecule has 0 aliphatic carbocycles. The summed E-state index contributed by atoms with van der Waals surface area (Å²) in [5.41, 5.74) is 2.68. The average molecular weight is 202 g/mol. The highest BCUT2D eigenvalue weighted by Gasteiger charge is 2.03. The third-order valence-electron chi connectivity index (χ3n) is 2.78. The van der Waals surface area contributed by atoms with Crippen LogP contribution < -0.4 is 5.32 Å². The highest BCUT2D eigenvalue weighted by molar-refractivity contribution is 5.81. The van der Waals surface area contributed by atoms with Crippen LogP contribution in [-0.2, 0) is 6.54 Å². The molecule has 1 aromatic carbocycles. The van der Waals surface area contributed by atoms with Crippen LogP contribution in [-0.4, -0.2) is 17.7 Å². The molecule has 0 bridgehead atoms. The number of benzene rings is 1. The predicted molar refractivity (Wildman–Crippen MR) is 65.2 cm³/mol. The van der Waals surface area contributed by atoms with Crippen LogP contribution >= 0.6 is 0 Å². The van der Waals surface area contributed by atoms with E-state index in [2.05, 4.69) is 54.1 Å². The van der Waals surface area contributed by atoms with Crippen LogP contribution in [0.4, 0.5) is 0 Å². The molecule has 80 valence electrons. The molecule has 0 saturated heterocycles. The molecule has 1 aromatic heterocycles. The molecule has 0 atom stereocenters. The van der Waals surface area contributed by atoms with Crippen LogP contribution in [0.15, 0.2) is 30.3 Å². The Morgan fingerprint density at radius 1 is 1.27 bits per heavy atom. The minimum Gasteiger partial charge on any atom is -0.344 e. The molecular formula is C13H18N2. The van der Waals surface area contributed by atoms with Crippen molar-refractivity contribution in [2.24, 2.45) is 0 Å². The van der Waals surface area contributed by atoms with Gasteiger partial charge in [0.15, 0.2) is 0 Å². The van der Waals surface area contributed by atoms with Gasteiger partial charge in [0, 0.05) is 24.3 Å². The Kier molecular flexibility index (Phi) is 3.07. The molecule has 15 heavy (non-hydrogen) atoms. The molecule has 0 aliphatic rings. The normalized spacial score (nSPS) is 11.1. The summed E-state index contributed by atoms with van der Waals surface area (Å²) in [6.07, 6.45) is 0. The number of aryl methyl sites for hydroxylation is 1.